The van der Waals surface area contributed by atoms with Gasteiger partial charge in [0.15, 0.2) is 0 Å². The van der Waals surface area contributed by atoms with E-state index in [0.29, 0.717) is 5.02 Å². The summed E-state index contributed by atoms with van der Waals surface area (Å²) >= 11 is 11.8. The fourth-order valence-electron chi connectivity index (χ4n) is 2.37. The molecule has 0 aliphatic rings. The smallest absolute Gasteiger partial charge is 0.253 e. The van der Waals surface area contributed by atoms with Gasteiger partial charge in [0.25, 0.3) is 5.91 Å². The predicted octanol–water partition coefficient (Wildman–Crippen LogP) is 3.91. The SMILES string of the molecule is Cc1ccccc1C(C)NC(=O)CNC(=O)c1ccc(Cl)cc1Cl. The lowest BCUT2D eigenvalue weighted by molar-refractivity contribution is -0.120. The molecule has 0 radical (unpaired) electrons. The van der Waals surface area contributed by atoms with E-state index in [4.69, 9.17) is 23.2 Å². The summed E-state index contributed by atoms with van der Waals surface area (Å²) in [5.41, 5.74) is 2.42. The zero-order valence-electron chi connectivity index (χ0n) is 13.4. The van der Waals surface area contributed by atoms with Crippen LogP contribution in [0.1, 0.15) is 34.5 Å². The molecule has 2 N–H and O–H groups in total. The number of benzene rings is 2. The molecule has 2 aromatic rings. The van der Waals surface area contributed by atoms with Crippen LogP contribution in [0.2, 0.25) is 10.0 Å². The highest BCUT2D eigenvalue weighted by atomic mass is 35.5. The minimum atomic E-state index is -0.421. The summed E-state index contributed by atoms with van der Waals surface area (Å²) in [4.78, 5) is 24.1. The van der Waals surface area contributed by atoms with E-state index < -0.39 is 5.91 Å². The highest BCUT2D eigenvalue weighted by Crippen LogP contribution is 2.20. The Bertz CT molecular complexity index is 762. The molecule has 6 heteroatoms. The Morgan fingerprint density at radius 2 is 1.83 bits per heavy atom. The van der Waals surface area contributed by atoms with Gasteiger partial charge in [-0.3, -0.25) is 9.59 Å². The van der Waals surface area contributed by atoms with Gasteiger partial charge in [-0.1, -0.05) is 47.5 Å². The standard InChI is InChI=1S/C18H18Cl2N2O2/c1-11-5-3-4-6-14(11)12(2)22-17(23)10-21-18(24)15-8-7-13(19)9-16(15)20/h3-9,12H,10H2,1-2H3,(H,21,24)(H,22,23). The molecule has 0 aliphatic heterocycles. The van der Waals surface area contributed by atoms with Crippen LogP contribution in [-0.2, 0) is 4.79 Å². The number of carbonyl (C=O) groups is 2. The van der Waals surface area contributed by atoms with Crippen molar-refractivity contribution in [3.05, 3.63) is 69.2 Å². The summed E-state index contributed by atoms with van der Waals surface area (Å²) in [6, 6.07) is 12.3. The first-order valence-electron chi connectivity index (χ1n) is 7.46. The maximum atomic E-state index is 12.1. The van der Waals surface area contributed by atoms with Gasteiger partial charge in [0.1, 0.15) is 0 Å². The molecule has 0 bridgehead atoms. The van der Waals surface area contributed by atoms with Crippen molar-refractivity contribution >= 4 is 35.0 Å². The second kappa shape index (κ2) is 8.18. The number of rotatable bonds is 5. The summed E-state index contributed by atoms with van der Waals surface area (Å²) in [5, 5.41) is 6.10. The Labute approximate surface area is 151 Å². The van der Waals surface area contributed by atoms with Gasteiger partial charge < -0.3 is 10.6 Å². The maximum Gasteiger partial charge on any atom is 0.253 e. The molecule has 0 aliphatic carbocycles. The number of halogens is 2. The van der Waals surface area contributed by atoms with Gasteiger partial charge >= 0.3 is 0 Å². The van der Waals surface area contributed by atoms with Crippen LogP contribution < -0.4 is 10.6 Å². The number of amides is 2. The van der Waals surface area contributed by atoms with Crippen molar-refractivity contribution in [2.45, 2.75) is 19.9 Å². The number of carbonyl (C=O) groups excluding carboxylic acids is 2. The maximum absolute atomic E-state index is 12.1. The minimum absolute atomic E-state index is 0.131. The third-order valence-corrected chi connectivity index (χ3v) is 4.17. The number of nitrogens with one attached hydrogen (secondary N) is 2. The van der Waals surface area contributed by atoms with Crippen LogP contribution in [0.4, 0.5) is 0 Å². The average Bonchev–Trinajstić information content (AvgIpc) is 2.53. The molecule has 2 rings (SSSR count). The highest BCUT2D eigenvalue weighted by molar-refractivity contribution is 6.36. The minimum Gasteiger partial charge on any atom is -0.348 e. The first-order chi connectivity index (χ1) is 11.4. The average molecular weight is 365 g/mol. The zero-order chi connectivity index (χ0) is 17.7. The summed E-state index contributed by atoms with van der Waals surface area (Å²) in [5.74, 6) is -0.695. The Morgan fingerprint density at radius 3 is 2.50 bits per heavy atom. The molecule has 1 unspecified atom stereocenters. The molecule has 24 heavy (non-hydrogen) atoms. The Morgan fingerprint density at radius 1 is 1.12 bits per heavy atom. The molecular weight excluding hydrogens is 347 g/mol. The third-order valence-electron chi connectivity index (χ3n) is 3.62. The second-order valence-corrected chi connectivity index (χ2v) is 6.30. The molecule has 1 atom stereocenters. The summed E-state index contributed by atoms with van der Waals surface area (Å²) in [7, 11) is 0. The van der Waals surface area contributed by atoms with E-state index in [1.165, 1.54) is 12.1 Å². The molecule has 2 amide bonds. The Hall–Kier alpha value is -2.04. The number of hydrogen-bond donors (Lipinski definition) is 2. The first kappa shape index (κ1) is 18.3. The lowest BCUT2D eigenvalue weighted by atomic mass is 10.0. The number of aryl methyl sites for hydroxylation is 1. The second-order valence-electron chi connectivity index (χ2n) is 5.45. The lowest BCUT2D eigenvalue weighted by Crippen LogP contribution is -2.38. The van der Waals surface area contributed by atoms with Crippen LogP contribution in [0.25, 0.3) is 0 Å². The van der Waals surface area contributed by atoms with Gasteiger partial charge in [0.05, 0.1) is 23.2 Å². The van der Waals surface area contributed by atoms with Crippen LogP contribution in [0.15, 0.2) is 42.5 Å². The third kappa shape index (κ3) is 4.73. The van der Waals surface area contributed by atoms with E-state index in [2.05, 4.69) is 10.6 Å². The van der Waals surface area contributed by atoms with Crippen molar-refractivity contribution in [1.29, 1.82) is 0 Å². The molecule has 0 aromatic heterocycles. The molecule has 0 saturated heterocycles. The topological polar surface area (TPSA) is 58.2 Å². The molecule has 2 aromatic carbocycles. The first-order valence-corrected chi connectivity index (χ1v) is 8.22. The quantitative estimate of drug-likeness (QED) is 0.844. The van der Waals surface area contributed by atoms with Gasteiger partial charge in [-0.15, -0.1) is 0 Å². The van der Waals surface area contributed by atoms with E-state index in [9.17, 15) is 9.59 Å². The molecule has 0 spiro atoms. The van der Waals surface area contributed by atoms with Crippen molar-refractivity contribution in [1.82, 2.24) is 10.6 Å². The van der Waals surface area contributed by atoms with Crippen molar-refractivity contribution in [3.63, 3.8) is 0 Å². The Kier molecular flexibility index (Phi) is 6.23. The van der Waals surface area contributed by atoms with E-state index in [1.807, 2.05) is 38.1 Å². The fraction of sp³-hybridized carbons (Fsp3) is 0.222. The molecule has 0 fully saturated rings. The summed E-state index contributed by atoms with van der Waals surface area (Å²) < 4.78 is 0. The molecule has 4 nitrogen and oxygen atoms in total. The van der Waals surface area contributed by atoms with Crippen LogP contribution in [0.5, 0.6) is 0 Å². The van der Waals surface area contributed by atoms with E-state index in [-0.39, 0.29) is 29.1 Å². The Balaban J connectivity index is 1.91. The lowest BCUT2D eigenvalue weighted by Gasteiger charge is -2.17. The highest BCUT2D eigenvalue weighted by Gasteiger charge is 2.14. The van der Waals surface area contributed by atoms with Gasteiger partial charge in [-0.2, -0.15) is 0 Å². The zero-order valence-corrected chi connectivity index (χ0v) is 14.9. The monoisotopic (exact) mass is 364 g/mol. The molecular formula is C18H18Cl2N2O2. The summed E-state index contributed by atoms with van der Waals surface area (Å²) in [6.07, 6.45) is 0. The van der Waals surface area contributed by atoms with E-state index >= 15 is 0 Å². The van der Waals surface area contributed by atoms with Gasteiger partial charge in [0.2, 0.25) is 5.91 Å². The van der Waals surface area contributed by atoms with Crippen LogP contribution in [-0.4, -0.2) is 18.4 Å². The van der Waals surface area contributed by atoms with Crippen LogP contribution >= 0.6 is 23.2 Å². The van der Waals surface area contributed by atoms with Crippen molar-refractivity contribution in [3.8, 4) is 0 Å². The fourth-order valence-corrected chi connectivity index (χ4v) is 2.87. The van der Waals surface area contributed by atoms with Gasteiger partial charge in [0, 0.05) is 5.02 Å². The van der Waals surface area contributed by atoms with Gasteiger partial charge in [-0.05, 0) is 43.2 Å². The van der Waals surface area contributed by atoms with Crippen molar-refractivity contribution in [2.24, 2.45) is 0 Å². The number of hydrogen-bond acceptors (Lipinski definition) is 2. The molecule has 0 saturated carbocycles. The molecule has 126 valence electrons. The largest absolute Gasteiger partial charge is 0.348 e. The van der Waals surface area contributed by atoms with Crippen molar-refractivity contribution in [2.75, 3.05) is 6.54 Å². The predicted molar refractivity (Wildman–Crippen MR) is 96.5 cm³/mol. The normalized spacial score (nSPS) is 11.7. The van der Waals surface area contributed by atoms with Crippen LogP contribution in [0.3, 0.4) is 0 Å². The summed E-state index contributed by atoms with van der Waals surface area (Å²) in [6.45, 7) is 3.76. The van der Waals surface area contributed by atoms with E-state index in [1.54, 1.807) is 6.07 Å². The van der Waals surface area contributed by atoms with Gasteiger partial charge in [-0.25, -0.2) is 0 Å². The van der Waals surface area contributed by atoms with Crippen molar-refractivity contribution < 1.29 is 9.59 Å². The molecule has 0 heterocycles. The van der Waals surface area contributed by atoms with Crippen LogP contribution in [0, 0.1) is 6.92 Å². The van der Waals surface area contributed by atoms with E-state index in [0.717, 1.165) is 11.1 Å².